The average molecular weight is 257 g/mol. The van der Waals surface area contributed by atoms with Gasteiger partial charge in [0.15, 0.2) is 0 Å². The van der Waals surface area contributed by atoms with Gasteiger partial charge in [-0.1, -0.05) is 12.1 Å². The second-order valence-electron chi connectivity index (χ2n) is 4.67. The highest BCUT2D eigenvalue weighted by molar-refractivity contribution is 5.30. The van der Waals surface area contributed by atoms with E-state index in [1.54, 1.807) is 13.3 Å². The topological polar surface area (TPSA) is 61.0 Å². The monoisotopic (exact) mass is 257 g/mol. The average Bonchev–Trinajstić information content (AvgIpc) is 2.38. The summed E-state index contributed by atoms with van der Waals surface area (Å²) < 4.78 is 5.21. The van der Waals surface area contributed by atoms with E-state index in [1.807, 2.05) is 37.3 Å². The fraction of sp³-hybridized carbons (Fsp3) is 0.333. The van der Waals surface area contributed by atoms with E-state index in [1.165, 1.54) is 0 Å². The van der Waals surface area contributed by atoms with Crippen molar-refractivity contribution in [3.8, 4) is 5.75 Å². The number of hydrogen-bond acceptors (Lipinski definition) is 4. The molecule has 100 valence electrons. The van der Waals surface area contributed by atoms with Crippen molar-refractivity contribution in [3.05, 3.63) is 53.6 Å². The minimum atomic E-state index is 0.111. The summed E-state index contributed by atoms with van der Waals surface area (Å²) in [6, 6.07) is 9.97. The van der Waals surface area contributed by atoms with Crippen LogP contribution in [0.4, 0.5) is 0 Å². The van der Waals surface area contributed by atoms with Crippen molar-refractivity contribution < 1.29 is 4.74 Å². The summed E-state index contributed by atoms with van der Waals surface area (Å²) in [7, 11) is 1.67. The molecule has 1 aromatic carbocycles. The molecule has 0 aliphatic heterocycles. The molecule has 0 aliphatic carbocycles. The van der Waals surface area contributed by atoms with Crippen LogP contribution < -0.4 is 10.5 Å². The van der Waals surface area contributed by atoms with Gasteiger partial charge in [0.25, 0.3) is 0 Å². The number of aromatic nitrogens is 2. The Hall–Kier alpha value is -1.94. The first-order valence-corrected chi connectivity index (χ1v) is 6.36. The zero-order valence-electron chi connectivity index (χ0n) is 11.3. The Morgan fingerprint density at radius 3 is 2.89 bits per heavy atom. The van der Waals surface area contributed by atoms with Crippen molar-refractivity contribution in [3.63, 3.8) is 0 Å². The van der Waals surface area contributed by atoms with Gasteiger partial charge in [-0.15, -0.1) is 0 Å². The van der Waals surface area contributed by atoms with Gasteiger partial charge in [-0.2, -0.15) is 0 Å². The minimum absolute atomic E-state index is 0.111. The molecule has 19 heavy (non-hydrogen) atoms. The van der Waals surface area contributed by atoms with Crippen molar-refractivity contribution >= 4 is 0 Å². The summed E-state index contributed by atoms with van der Waals surface area (Å²) in [5, 5.41) is 0. The molecular formula is C15H19N3O. The first-order valence-electron chi connectivity index (χ1n) is 6.36. The number of ether oxygens (including phenoxy) is 1. The largest absolute Gasteiger partial charge is 0.497 e. The van der Waals surface area contributed by atoms with Gasteiger partial charge in [0.2, 0.25) is 0 Å². The fourth-order valence-corrected chi connectivity index (χ4v) is 1.93. The highest BCUT2D eigenvalue weighted by atomic mass is 16.5. The van der Waals surface area contributed by atoms with Crippen molar-refractivity contribution in [2.45, 2.75) is 25.8 Å². The summed E-state index contributed by atoms with van der Waals surface area (Å²) in [6.07, 6.45) is 3.26. The lowest BCUT2D eigenvalue weighted by Gasteiger charge is -2.07. The quantitative estimate of drug-likeness (QED) is 0.889. The standard InChI is InChI=1S/C15H19N3O/c1-11(16)8-13-6-7-17-15(18-13)10-12-4-3-5-14(9-12)19-2/h3-7,9,11H,8,10,16H2,1-2H3. The van der Waals surface area contributed by atoms with E-state index in [4.69, 9.17) is 10.5 Å². The van der Waals surface area contributed by atoms with E-state index >= 15 is 0 Å². The molecule has 1 aromatic heterocycles. The van der Waals surface area contributed by atoms with E-state index in [2.05, 4.69) is 9.97 Å². The number of nitrogens with zero attached hydrogens (tertiary/aromatic N) is 2. The predicted octanol–water partition coefficient (Wildman–Crippen LogP) is 1.97. The molecular weight excluding hydrogens is 238 g/mol. The van der Waals surface area contributed by atoms with E-state index < -0.39 is 0 Å². The first kappa shape index (κ1) is 13.5. The van der Waals surface area contributed by atoms with E-state index in [0.29, 0.717) is 6.42 Å². The van der Waals surface area contributed by atoms with Crippen molar-refractivity contribution in [2.24, 2.45) is 5.73 Å². The van der Waals surface area contributed by atoms with Gasteiger partial charge >= 0.3 is 0 Å². The molecule has 0 saturated carbocycles. The van der Waals surface area contributed by atoms with Crippen molar-refractivity contribution in [1.82, 2.24) is 9.97 Å². The van der Waals surface area contributed by atoms with Crippen molar-refractivity contribution in [1.29, 1.82) is 0 Å². The number of hydrogen-bond donors (Lipinski definition) is 1. The van der Waals surface area contributed by atoms with Crippen LogP contribution in [0.5, 0.6) is 5.75 Å². The van der Waals surface area contributed by atoms with Gasteiger partial charge in [-0.3, -0.25) is 0 Å². The van der Waals surface area contributed by atoms with E-state index in [-0.39, 0.29) is 6.04 Å². The lowest BCUT2D eigenvalue weighted by molar-refractivity contribution is 0.414. The maximum Gasteiger partial charge on any atom is 0.132 e. The van der Waals surface area contributed by atoms with Gasteiger partial charge in [0.05, 0.1) is 7.11 Å². The van der Waals surface area contributed by atoms with Gasteiger partial charge in [0, 0.05) is 30.8 Å². The molecule has 0 spiro atoms. The van der Waals surface area contributed by atoms with Crippen LogP contribution in [0.15, 0.2) is 36.5 Å². The third kappa shape index (κ3) is 4.03. The third-order valence-electron chi connectivity index (χ3n) is 2.79. The highest BCUT2D eigenvalue weighted by Crippen LogP contribution is 2.14. The fourth-order valence-electron chi connectivity index (χ4n) is 1.93. The molecule has 0 saturated heterocycles. The van der Waals surface area contributed by atoms with Gasteiger partial charge in [0.1, 0.15) is 11.6 Å². The summed E-state index contributed by atoms with van der Waals surface area (Å²) in [5.74, 6) is 1.66. The number of methoxy groups -OCH3 is 1. The van der Waals surface area contributed by atoms with Crippen LogP contribution >= 0.6 is 0 Å². The molecule has 4 heteroatoms. The molecule has 2 N–H and O–H groups in total. The van der Waals surface area contributed by atoms with Crippen LogP contribution in [0, 0.1) is 0 Å². The maximum absolute atomic E-state index is 5.79. The van der Waals surface area contributed by atoms with E-state index in [0.717, 1.165) is 29.3 Å². The Morgan fingerprint density at radius 2 is 2.16 bits per heavy atom. The summed E-state index contributed by atoms with van der Waals surface area (Å²) >= 11 is 0. The third-order valence-corrected chi connectivity index (χ3v) is 2.79. The van der Waals surface area contributed by atoms with Crippen LogP contribution in [0.25, 0.3) is 0 Å². The number of nitrogens with two attached hydrogens (primary N) is 1. The smallest absolute Gasteiger partial charge is 0.132 e. The molecule has 2 aromatic rings. The zero-order valence-corrected chi connectivity index (χ0v) is 11.3. The van der Waals surface area contributed by atoms with Crippen LogP contribution in [0.3, 0.4) is 0 Å². The zero-order chi connectivity index (χ0) is 13.7. The molecule has 0 bridgehead atoms. The maximum atomic E-state index is 5.79. The molecule has 0 fully saturated rings. The Bertz CT molecular complexity index is 540. The Kier molecular flexibility index (Phi) is 4.47. The Morgan fingerprint density at radius 1 is 1.32 bits per heavy atom. The summed E-state index contributed by atoms with van der Waals surface area (Å²) in [4.78, 5) is 8.84. The van der Waals surface area contributed by atoms with Gasteiger partial charge in [-0.25, -0.2) is 9.97 Å². The minimum Gasteiger partial charge on any atom is -0.497 e. The molecule has 0 aliphatic rings. The van der Waals surface area contributed by atoms with Crippen LogP contribution in [0.2, 0.25) is 0 Å². The second kappa shape index (κ2) is 6.29. The Labute approximate surface area is 113 Å². The summed E-state index contributed by atoms with van der Waals surface area (Å²) in [5.41, 5.74) is 7.91. The van der Waals surface area contributed by atoms with E-state index in [9.17, 15) is 0 Å². The van der Waals surface area contributed by atoms with Crippen LogP contribution in [0.1, 0.15) is 24.0 Å². The molecule has 1 atom stereocenters. The van der Waals surface area contributed by atoms with Gasteiger partial charge < -0.3 is 10.5 Å². The number of benzene rings is 1. The SMILES string of the molecule is COc1cccc(Cc2nccc(CC(C)N)n2)c1. The van der Waals surface area contributed by atoms with Gasteiger partial charge in [-0.05, 0) is 30.7 Å². The second-order valence-corrected chi connectivity index (χ2v) is 4.67. The molecule has 0 amide bonds. The number of rotatable bonds is 5. The lowest BCUT2D eigenvalue weighted by Crippen LogP contribution is -2.19. The highest BCUT2D eigenvalue weighted by Gasteiger charge is 2.04. The Balaban J connectivity index is 2.13. The molecule has 2 rings (SSSR count). The molecule has 1 unspecified atom stereocenters. The van der Waals surface area contributed by atoms with Crippen LogP contribution in [-0.4, -0.2) is 23.1 Å². The van der Waals surface area contributed by atoms with Crippen molar-refractivity contribution in [2.75, 3.05) is 7.11 Å². The molecule has 4 nitrogen and oxygen atoms in total. The lowest BCUT2D eigenvalue weighted by atomic mass is 10.1. The summed E-state index contributed by atoms with van der Waals surface area (Å²) in [6.45, 7) is 1.98. The first-order chi connectivity index (χ1) is 9.17. The predicted molar refractivity (Wildman–Crippen MR) is 75.2 cm³/mol. The molecule has 1 heterocycles. The molecule has 0 radical (unpaired) electrons. The normalized spacial score (nSPS) is 12.2. The van der Waals surface area contributed by atoms with Crippen LogP contribution in [-0.2, 0) is 12.8 Å².